The molecule has 3 aromatic heterocycles. The van der Waals surface area contributed by atoms with Gasteiger partial charge < -0.3 is 5.32 Å². The molecule has 0 spiro atoms. The van der Waals surface area contributed by atoms with Gasteiger partial charge in [-0.2, -0.15) is 5.10 Å². The molecule has 0 saturated heterocycles. The highest BCUT2D eigenvalue weighted by molar-refractivity contribution is 6.05. The molecule has 29 heavy (non-hydrogen) atoms. The number of hydrogen-bond donors (Lipinski definition) is 2. The lowest BCUT2D eigenvalue weighted by atomic mass is 10.1. The van der Waals surface area contributed by atoms with Crippen LogP contribution in [-0.2, 0) is 0 Å². The van der Waals surface area contributed by atoms with Crippen molar-refractivity contribution in [3.05, 3.63) is 96.1 Å². The van der Waals surface area contributed by atoms with Crippen LogP contribution in [0.1, 0.15) is 21.6 Å². The van der Waals surface area contributed by atoms with Crippen LogP contribution >= 0.6 is 0 Å². The van der Waals surface area contributed by atoms with Gasteiger partial charge in [0.05, 0.1) is 11.9 Å². The highest BCUT2D eigenvalue weighted by atomic mass is 19.1. The maximum Gasteiger partial charge on any atom is 0.276 e. The normalized spacial score (nSPS) is 10.9. The standard InChI is InChI=1S/C22H16FN5O/c23-19-5-1-4-16(9-19)18-10-20(14-25-12-18)27-22(29)21-17(13-26-28-21)7-6-15-3-2-8-24-11-15/h1-14H,(H,26,28)(H,27,29). The van der Waals surface area contributed by atoms with Crippen LogP contribution in [0.15, 0.2) is 73.4 Å². The number of nitrogens with zero attached hydrogens (tertiary/aromatic N) is 3. The first-order chi connectivity index (χ1) is 14.2. The van der Waals surface area contributed by atoms with Gasteiger partial charge in [-0.05, 0) is 35.4 Å². The Morgan fingerprint density at radius 1 is 1.00 bits per heavy atom. The second kappa shape index (κ2) is 8.26. The van der Waals surface area contributed by atoms with Crippen LogP contribution in [0.5, 0.6) is 0 Å². The topological polar surface area (TPSA) is 83.6 Å². The van der Waals surface area contributed by atoms with E-state index in [2.05, 4.69) is 25.5 Å². The van der Waals surface area contributed by atoms with Crippen molar-refractivity contribution >= 4 is 23.7 Å². The Kier molecular flexibility index (Phi) is 5.20. The van der Waals surface area contributed by atoms with E-state index in [1.807, 2.05) is 18.2 Å². The van der Waals surface area contributed by atoms with Crippen molar-refractivity contribution in [2.45, 2.75) is 0 Å². The van der Waals surface area contributed by atoms with Gasteiger partial charge in [0.1, 0.15) is 5.82 Å². The lowest BCUT2D eigenvalue weighted by Crippen LogP contribution is -2.13. The number of H-pyrrole nitrogens is 1. The average molecular weight is 385 g/mol. The van der Waals surface area contributed by atoms with Gasteiger partial charge in [0, 0.05) is 35.9 Å². The summed E-state index contributed by atoms with van der Waals surface area (Å²) in [5.41, 5.74) is 3.66. The van der Waals surface area contributed by atoms with Crippen LogP contribution in [-0.4, -0.2) is 26.1 Å². The predicted octanol–water partition coefficient (Wildman–Crippen LogP) is 4.43. The summed E-state index contributed by atoms with van der Waals surface area (Å²) in [5.74, 6) is -0.714. The van der Waals surface area contributed by atoms with Crippen LogP contribution in [0.25, 0.3) is 23.3 Å². The number of amides is 1. The second-order valence-electron chi connectivity index (χ2n) is 6.24. The van der Waals surface area contributed by atoms with Crippen molar-refractivity contribution in [1.82, 2.24) is 20.2 Å². The fraction of sp³-hybridized carbons (Fsp3) is 0. The fourth-order valence-electron chi connectivity index (χ4n) is 2.79. The predicted molar refractivity (Wildman–Crippen MR) is 109 cm³/mol. The highest BCUT2D eigenvalue weighted by Crippen LogP contribution is 2.22. The summed E-state index contributed by atoms with van der Waals surface area (Å²) >= 11 is 0. The lowest BCUT2D eigenvalue weighted by Gasteiger charge is -2.07. The van der Waals surface area contributed by atoms with E-state index in [4.69, 9.17) is 0 Å². The van der Waals surface area contributed by atoms with Gasteiger partial charge in [0.15, 0.2) is 5.69 Å². The molecule has 0 aliphatic heterocycles. The second-order valence-corrected chi connectivity index (χ2v) is 6.24. The molecule has 0 radical (unpaired) electrons. The Morgan fingerprint density at radius 3 is 2.76 bits per heavy atom. The van der Waals surface area contributed by atoms with Crippen molar-refractivity contribution < 1.29 is 9.18 Å². The number of benzene rings is 1. The Hall–Kier alpha value is -4.13. The molecule has 6 nitrogen and oxygen atoms in total. The molecule has 1 amide bonds. The SMILES string of the molecule is O=C(Nc1cncc(-c2cccc(F)c2)c1)c1n[nH]cc1C=Cc1cccnc1. The quantitative estimate of drug-likeness (QED) is 0.532. The number of aromatic amines is 1. The van der Waals surface area contributed by atoms with Crippen LogP contribution in [0.3, 0.4) is 0 Å². The number of aromatic nitrogens is 4. The minimum Gasteiger partial charge on any atom is -0.319 e. The molecule has 3 heterocycles. The Balaban J connectivity index is 1.53. The molecule has 0 saturated carbocycles. The third-order valence-electron chi connectivity index (χ3n) is 4.18. The first-order valence-corrected chi connectivity index (χ1v) is 8.83. The van der Waals surface area contributed by atoms with Crippen molar-refractivity contribution in [3.8, 4) is 11.1 Å². The summed E-state index contributed by atoms with van der Waals surface area (Å²) in [7, 11) is 0. The molecule has 0 atom stereocenters. The molecule has 0 unspecified atom stereocenters. The highest BCUT2D eigenvalue weighted by Gasteiger charge is 2.14. The number of pyridine rings is 2. The monoisotopic (exact) mass is 385 g/mol. The van der Waals surface area contributed by atoms with Gasteiger partial charge in [-0.15, -0.1) is 0 Å². The van der Waals surface area contributed by atoms with Gasteiger partial charge in [0.2, 0.25) is 0 Å². The molecular weight excluding hydrogens is 369 g/mol. The van der Waals surface area contributed by atoms with Gasteiger partial charge in [-0.3, -0.25) is 19.9 Å². The van der Waals surface area contributed by atoms with E-state index in [1.165, 1.54) is 18.3 Å². The molecule has 4 rings (SSSR count). The molecule has 7 heteroatoms. The lowest BCUT2D eigenvalue weighted by molar-refractivity contribution is 0.102. The molecule has 0 aliphatic rings. The first-order valence-electron chi connectivity index (χ1n) is 8.83. The maximum absolute atomic E-state index is 13.5. The zero-order chi connectivity index (χ0) is 20.1. The van der Waals surface area contributed by atoms with Crippen molar-refractivity contribution in [1.29, 1.82) is 0 Å². The third-order valence-corrected chi connectivity index (χ3v) is 4.18. The summed E-state index contributed by atoms with van der Waals surface area (Å²) in [5, 5.41) is 9.54. The summed E-state index contributed by atoms with van der Waals surface area (Å²) in [4.78, 5) is 20.9. The van der Waals surface area contributed by atoms with E-state index in [1.54, 1.807) is 49.1 Å². The van der Waals surface area contributed by atoms with Gasteiger partial charge in [-0.25, -0.2) is 4.39 Å². The molecule has 142 valence electrons. The molecule has 0 fully saturated rings. The minimum absolute atomic E-state index is 0.251. The van der Waals surface area contributed by atoms with Gasteiger partial charge in [0.25, 0.3) is 5.91 Å². The first kappa shape index (κ1) is 18.2. The minimum atomic E-state index is -0.379. The summed E-state index contributed by atoms with van der Waals surface area (Å²) < 4.78 is 13.5. The van der Waals surface area contributed by atoms with E-state index < -0.39 is 0 Å². The third kappa shape index (κ3) is 4.41. The average Bonchev–Trinajstić information content (AvgIpc) is 3.22. The van der Waals surface area contributed by atoms with Gasteiger partial charge in [-0.1, -0.05) is 30.4 Å². The van der Waals surface area contributed by atoms with E-state index in [0.717, 1.165) is 5.56 Å². The fourth-order valence-corrected chi connectivity index (χ4v) is 2.79. The Labute approximate surface area is 166 Å². The van der Waals surface area contributed by atoms with E-state index in [-0.39, 0.29) is 17.4 Å². The number of halogens is 1. The van der Waals surface area contributed by atoms with Gasteiger partial charge >= 0.3 is 0 Å². The summed E-state index contributed by atoms with van der Waals surface area (Å²) in [6.45, 7) is 0. The summed E-state index contributed by atoms with van der Waals surface area (Å²) in [6, 6.07) is 11.7. The molecule has 2 N–H and O–H groups in total. The molecule has 0 bridgehead atoms. The van der Waals surface area contributed by atoms with Crippen molar-refractivity contribution in [2.24, 2.45) is 0 Å². The molecule has 1 aromatic carbocycles. The molecule has 0 aliphatic carbocycles. The van der Waals surface area contributed by atoms with E-state index in [0.29, 0.717) is 22.4 Å². The number of rotatable bonds is 5. The van der Waals surface area contributed by atoms with Crippen LogP contribution in [0, 0.1) is 5.82 Å². The van der Waals surface area contributed by atoms with Crippen LogP contribution < -0.4 is 5.32 Å². The number of carbonyl (C=O) groups excluding carboxylic acids is 1. The number of nitrogens with one attached hydrogen (secondary N) is 2. The zero-order valence-corrected chi connectivity index (χ0v) is 15.2. The molecule has 4 aromatic rings. The smallest absolute Gasteiger partial charge is 0.276 e. The van der Waals surface area contributed by atoms with Crippen LogP contribution in [0.4, 0.5) is 10.1 Å². The largest absolute Gasteiger partial charge is 0.319 e. The van der Waals surface area contributed by atoms with E-state index in [9.17, 15) is 9.18 Å². The maximum atomic E-state index is 13.5. The Morgan fingerprint density at radius 2 is 1.93 bits per heavy atom. The Bertz CT molecular complexity index is 1170. The molecular formula is C22H16FN5O. The number of anilines is 1. The summed E-state index contributed by atoms with van der Waals surface area (Å²) in [6.07, 6.45) is 11.8. The zero-order valence-electron chi connectivity index (χ0n) is 15.2. The van der Waals surface area contributed by atoms with Crippen molar-refractivity contribution in [2.75, 3.05) is 5.32 Å². The van der Waals surface area contributed by atoms with Crippen LogP contribution in [0.2, 0.25) is 0 Å². The number of hydrogen-bond acceptors (Lipinski definition) is 4. The number of carbonyl (C=O) groups is 1. The van der Waals surface area contributed by atoms with E-state index >= 15 is 0 Å². The van der Waals surface area contributed by atoms with Crippen molar-refractivity contribution in [3.63, 3.8) is 0 Å².